The summed E-state index contributed by atoms with van der Waals surface area (Å²) in [5.41, 5.74) is 0.963. The Hall–Kier alpha value is -2.58. The number of aryl methyl sites for hydroxylation is 1. The molecule has 28 heavy (non-hydrogen) atoms. The van der Waals surface area contributed by atoms with Gasteiger partial charge >= 0.3 is 0 Å². The first kappa shape index (κ1) is 21.7. The molecule has 0 saturated heterocycles. The van der Waals surface area contributed by atoms with E-state index in [4.69, 9.17) is 9.47 Å². The minimum atomic E-state index is -3.72. The molecular formula is C20H26N2O5S. The maximum atomic E-state index is 12.5. The number of carbonyl (C=O) groups excluding carboxylic acids is 1. The Morgan fingerprint density at radius 3 is 2.21 bits per heavy atom. The number of ether oxygens (including phenoxy) is 2. The third kappa shape index (κ3) is 5.97. The highest BCUT2D eigenvalue weighted by atomic mass is 32.2. The van der Waals surface area contributed by atoms with Crippen molar-refractivity contribution in [3.63, 3.8) is 0 Å². The Balaban J connectivity index is 1.85. The predicted octanol–water partition coefficient (Wildman–Crippen LogP) is 2.21. The van der Waals surface area contributed by atoms with Crippen LogP contribution in [0.3, 0.4) is 0 Å². The molecule has 0 aliphatic carbocycles. The molecule has 1 N–H and O–H groups in total. The van der Waals surface area contributed by atoms with Gasteiger partial charge in [-0.3, -0.25) is 4.79 Å². The molecule has 2 aromatic rings. The van der Waals surface area contributed by atoms with E-state index in [9.17, 15) is 13.2 Å². The van der Waals surface area contributed by atoms with E-state index in [0.29, 0.717) is 5.75 Å². The van der Waals surface area contributed by atoms with E-state index in [1.165, 1.54) is 19.2 Å². The minimum Gasteiger partial charge on any atom is -0.497 e. The highest BCUT2D eigenvalue weighted by Gasteiger charge is 2.23. The Labute approximate surface area is 166 Å². The zero-order valence-electron chi connectivity index (χ0n) is 16.5. The second-order valence-electron chi connectivity index (χ2n) is 6.53. The molecule has 0 radical (unpaired) electrons. The molecule has 0 spiro atoms. The van der Waals surface area contributed by atoms with Gasteiger partial charge in [0.05, 0.1) is 24.6 Å². The molecule has 0 unspecified atom stereocenters. The van der Waals surface area contributed by atoms with E-state index in [1.807, 2.05) is 6.92 Å². The number of hydrogen-bond acceptors (Lipinski definition) is 5. The number of benzene rings is 2. The van der Waals surface area contributed by atoms with Crippen molar-refractivity contribution in [3.05, 3.63) is 54.1 Å². The van der Waals surface area contributed by atoms with Gasteiger partial charge in [-0.1, -0.05) is 17.7 Å². The lowest BCUT2D eigenvalue weighted by Gasteiger charge is -2.19. The van der Waals surface area contributed by atoms with Gasteiger partial charge < -0.3 is 14.8 Å². The normalized spacial score (nSPS) is 12.5. The van der Waals surface area contributed by atoms with Crippen molar-refractivity contribution < 1.29 is 22.7 Å². The van der Waals surface area contributed by atoms with Crippen LogP contribution in [-0.2, 0) is 14.8 Å². The molecule has 0 aromatic heterocycles. The van der Waals surface area contributed by atoms with Crippen LogP contribution in [0.15, 0.2) is 53.4 Å². The van der Waals surface area contributed by atoms with Crippen molar-refractivity contribution >= 4 is 15.9 Å². The first-order chi connectivity index (χ1) is 13.2. The highest BCUT2D eigenvalue weighted by molar-refractivity contribution is 7.89. The smallest absolute Gasteiger partial charge is 0.243 e. The van der Waals surface area contributed by atoms with Gasteiger partial charge in [0, 0.05) is 7.05 Å². The van der Waals surface area contributed by atoms with Gasteiger partial charge in [-0.25, -0.2) is 8.42 Å². The lowest BCUT2D eigenvalue weighted by atomic mass is 10.2. The summed E-state index contributed by atoms with van der Waals surface area (Å²) in [7, 11) is -0.750. The molecule has 152 valence electrons. The Bertz CT molecular complexity index is 880. The zero-order chi connectivity index (χ0) is 20.7. The Morgan fingerprint density at radius 2 is 1.64 bits per heavy atom. The number of sulfonamides is 1. The third-order valence-corrected chi connectivity index (χ3v) is 5.88. The molecule has 0 aliphatic heterocycles. The van der Waals surface area contributed by atoms with Crippen LogP contribution in [0.5, 0.6) is 11.5 Å². The van der Waals surface area contributed by atoms with Crippen LogP contribution in [0.2, 0.25) is 0 Å². The molecule has 0 heterocycles. The van der Waals surface area contributed by atoms with Crippen LogP contribution in [-0.4, -0.2) is 52.0 Å². The molecule has 0 fully saturated rings. The summed E-state index contributed by atoms with van der Waals surface area (Å²) in [5.74, 6) is 0.983. The topological polar surface area (TPSA) is 84.9 Å². The fraction of sp³-hybridized carbons (Fsp3) is 0.350. The summed E-state index contributed by atoms with van der Waals surface area (Å²) >= 11 is 0. The number of rotatable bonds is 9. The maximum Gasteiger partial charge on any atom is 0.243 e. The molecule has 7 nitrogen and oxygen atoms in total. The summed E-state index contributed by atoms with van der Waals surface area (Å²) < 4.78 is 36.8. The van der Waals surface area contributed by atoms with Gasteiger partial charge in [-0.15, -0.1) is 0 Å². The predicted molar refractivity (Wildman–Crippen MR) is 107 cm³/mol. The Kier molecular flexibility index (Phi) is 7.42. The van der Waals surface area contributed by atoms with E-state index in [1.54, 1.807) is 50.4 Å². The van der Waals surface area contributed by atoms with Gasteiger partial charge in [-0.05, 0) is 50.2 Å². The quantitative estimate of drug-likeness (QED) is 0.690. The van der Waals surface area contributed by atoms with E-state index < -0.39 is 15.9 Å². The number of carbonyl (C=O) groups is 1. The summed E-state index contributed by atoms with van der Waals surface area (Å²) in [5, 5.41) is 2.74. The van der Waals surface area contributed by atoms with E-state index in [2.05, 4.69) is 5.32 Å². The van der Waals surface area contributed by atoms with Crippen LogP contribution in [0.25, 0.3) is 0 Å². The lowest BCUT2D eigenvalue weighted by molar-refractivity contribution is -0.121. The molecule has 8 heteroatoms. The third-order valence-electron chi connectivity index (χ3n) is 4.06. The minimum absolute atomic E-state index is 0.157. The molecule has 1 atom stereocenters. The standard InChI is InChI=1S/C20H26N2O5S/c1-15-5-11-19(12-6-15)28(24,25)22(3)13-20(23)21-16(2)14-27-18-9-7-17(26-4)8-10-18/h5-12,16H,13-14H2,1-4H3,(H,21,23)/t16-/m1/s1. The number of amides is 1. The molecule has 2 aromatic carbocycles. The van der Waals surface area contributed by atoms with Gasteiger partial charge in [-0.2, -0.15) is 4.31 Å². The summed E-state index contributed by atoms with van der Waals surface area (Å²) in [6.45, 7) is 3.65. The molecule has 0 saturated carbocycles. The highest BCUT2D eigenvalue weighted by Crippen LogP contribution is 2.17. The summed E-state index contributed by atoms with van der Waals surface area (Å²) in [4.78, 5) is 12.4. The first-order valence-corrected chi connectivity index (χ1v) is 10.3. The summed E-state index contributed by atoms with van der Waals surface area (Å²) in [6, 6.07) is 13.3. The largest absolute Gasteiger partial charge is 0.497 e. The average Bonchev–Trinajstić information content (AvgIpc) is 2.67. The molecule has 1 amide bonds. The van der Waals surface area contributed by atoms with Gasteiger partial charge in [0.25, 0.3) is 0 Å². The van der Waals surface area contributed by atoms with E-state index in [-0.39, 0.29) is 24.1 Å². The van der Waals surface area contributed by atoms with Crippen molar-refractivity contribution in [2.75, 3.05) is 27.3 Å². The van der Waals surface area contributed by atoms with Crippen LogP contribution in [0, 0.1) is 6.92 Å². The van der Waals surface area contributed by atoms with Crippen LogP contribution >= 0.6 is 0 Å². The van der Waals surface area contributed by atoms with Gasteiger partial charge in [0.2, 0.25) is 15.9 Å². The first-order valence-electron chi connectivity index (χ1n) is 8.81. The maximum absolute atomic E-state index is 12.5. The fourth-order valence-electron chi connectivity index (χ4n) is 2.43. The van der Waals surface area contributed by atoms with Crippen molar-refractivity contribution in [2.45, 2.75) is 24.8 Å². The number of nitrogens with zero attached hydrogens (tertiary/aromatic N) is 1. The van der Waals surface area contributed by atoms with Crippen LogP contribution < -0.4 is 14.8 Å². The van der Waals surface area contributed by atoms with Crippen LogP contribution in [0.1, 0.15) is 12.5 Å². The Morgan fingerprint density at radius 1 is 1.07 bits per heavy atom. The second kappa shape index (κ2) is 9.57. The molecule has 0 aliphatic rings. The fourth-order valence-corrected chi connectivity index (χ4v) is 3.56. The van der Waals surface area contributed by atoms with E-state index >= 15 is 0 Å². The van der Waals surface area contributed by atoms with E-state index in [0.717, 1.165) is 15.6 Å². The second-order valence-corrected chi connectivity index (χ2v) is 8.57. The number of hydrogen-bond donors (Lipinski definition) is 1. The van der Waals surface area contributed by atoms with Crippen molar-refractivity contribution in [3.8, 4) is 11.5 Å². The molecule has 2 rings (SSSR count). The number of methoxy groups -OCH3 is 1. The van der Waals surface area contributed by atoms with Crippen LogP contribution in [0.4, 0.5) is 0 Å². The lowest BCUT2D eigenvalue weighted by Crippen LogP contribution is -2.43. The zero-order valence-corrected chi connectivity index (χ0v) is 17.3. The monoisotopic (exact) mass is 406 g/mol. The molecule has 0 bridgehead atoms. The van der Waals surface area contributed by atoms with Gasteiger partial charge in [0.15, 0.2) is 0 Å². The van der Waals surface area contributed by atoms with Crippen molar-refractivity contribution in [1.29, 1.82) is 0 Å². The van der Waals surface area contributed by atoms with Gasteiger partial charge in [0.1, 0.15) is 18.1 Å². The average molecular weight is 407 g/mol. The number of likely N-dealkylation sites (N-methyl/N-ethyl adjacent to an activating group) is 1. The van der Waals surface area contributed by atoms with Crippen molar-refractivity contribution in [2.24, 2.45) is 0 Å². The number of nitrogens with one attached hydrogen (secondary N) is 1. The SMILES string of the molecule is COc1ccc(OC[C@@H](C)NC(=O)CN(C)S(=O)(=O)c2ccc(C)cc2)cc1. The summed E-state index contributed by atoms with van der Waals surface area (Å²) in [6.07, 6.45) is 0. The van der Waals surface area contributed by atoms with Crippen molar-refractivity contribution in [1.82, 2.24) is 9.62 Å². The molecular weight excluding hydrogens is 380 g/mol.